The van der Waals surface area contributed by atoms with Gasteiger partial charge in [-0.3, -0.25) is 9.69 Å². The number of amides is 1. The Kier molecular flexibility index (Phi) is 11.6. The Morgan fingerprint density at radius 2 is 1.84 bits per heavy atom. The third kappa shape index (κ3) is 8.86. The number of thiazole rings is 1. The zero-order chi connectivity index (χ0) is 32.1. The van der Waals surface area contributed by atoms with E-state index in [4.69, 9.17) is 0 Å². The number of anilines is 1. The standard InChI is InChI=1S/C28H37F5N4O5S2/c1-2-44(40,41)22-9-5-19(6-10-22)23(16-38)35-25(39)24-13-34-27(43-24)37-12-11-36(15-21(37)17-42-26(29)30)14-18-3-7-20(8-4-18)28(31,32)33/h5-6,9-10,13,18,20-21,23,26,38H,2-4,7-8,11-12,14-17H2,1H3,(H,35,39)/t18?,20?,21-,23-/m0/s1. The highest BCUT2D eigenvalue weighted by Gasteiger charge is 2.42. The molecule has 1 aromatic heterocycles. The number of benzene rings is 1. The molecule has 2 atom stereocenters. The third-order valence-electron chi connectivity index (χ3n) is 8.28. The quantitative estimate of drug-likeness (QED) is 0.318. The molecule has 9 nitrogen and oxygen atoms in total. The Morgan fingerprint density at radius 1 is 1.16 bits per heavy atom. The fraction of sp³-hybridized carbons (Fsp3) is 0.643. The average molecular weight is 669 g/mol. The summed E-state index contributed by atoms with van der Waals surface area (Å²) in [7, 11) is -3.41. The largest absolute Gasteiger partial charge is 0.394 e. The van der Waals surface area contributed by atoms with Gasteiger partial charge in [0.15, 0.2) is 15.0 Å². The number of nitrogens with one attached hydrogen (secondary N) is 1. The van der Waals surface area contributed by atoms with E-state index in [-0.39, 0.29) is 40.9 Å². The molecule has 0 spiro atoms. The van der Waals surface area contributed by atoms with Crippen molar-refractivity contribution >= 4 is 32.2 Å². The molecule has 1 aliphatic carbocycles. The molecule has 0 radical (unpaired) electrons. The van der Waals surface area contributed by atoms with E-state index in [0.717, 1.165) is 11.3 Å². The van der Waals surface area contributed by atoms with Crippen molar-refractivity contribution in [2.45, 2.75) is 62.4 Å². The van der Waals surface area contributed by atoms with Crippen LogP contribution in [0.5, 0.6) is 0 Å². The number of hydrogen-bond donors (Lipinski definition) is 2. The summed E-state index contributed by atoms with van der Waals surface area (Å²) in [6, 6.07) is 4.56. The Labute approximate surface area is 257 Å². The highest BCUT2D eigenvalue weighted by atomic mass is 32.2. The molecule has 2 heterocycles. The van der Waals surface area contributed by atoms with Crippen molar-refractivity contribution in [2.75, 3.05) is 50.0 Å². The lowest BCUT2D eigenvalue weighted by Gasteiger charge is -2.43. The second kappa shape index (κ2) is 14.8. The van der Waals surface area contributed by atoms with Gasteiger partial charge in [-0.05, 0) is 49.3 Å². The number of sulfone groups is 1. The molecule has 1 saturated carbocycles. The number of alkyl halides is 5. The van der Waals surface area contributed by atoms with Gasteiger partial charge in [0, 0.05) is 26.2 Å². The number of halogens is 5. The molecule has 1 saturated heterocycles. The van der Waals surface area contributed by atoms with Gasteiger partial charge in [0.2, 0.25) is 0 Å². The van der Waals surface area contributed by atoms with Crippen molar-refractivity contribution in [2.24, 2.45) is 11.8 Å². The maximum atomic E-state index is 13.1. The van der Waals surface area contributed by atoms with Gasteiger partial charge in [-0.15, -0.1) is 0 Å². The molecule has 2 N–H and O–H groups in total. The number of carbonyl (C=O) groups is 1. The van der Waals surface area contributed by atoms with Crippen LogP contribution in [0, 0.1) is 11.8 Å². The first kappa shape index (κ1) is 34.5. The number of aromatic nitrogens is 1. The molecule has 0 unspecified atom stereocenters. The van der Waals surface area contributed by atoms with Gasteiger partial charge in [0.25, 0.3) is 5.91 Å². The number of carbonyl (C=O) groups excluding carboxylic acids is 1. The number of rotatable bonds is 12. The zero-order valence-corrected chi connectivity index (χ0v) is 25.8. The Balaban J connectivity index is 1.38. The van der Waals surface area contributed by atoms with Crippen molar-refractivity contribution in [3.8, 4) is 0 Å². The summed E-state index contributed by atoms with van der Waals surface area (Å²) in [5.41, 5.74) is 0.507. The molecule has 1 aliphatic heterocycles. The molecule has 1 aromatic carbocycles. The van der Waals surface area contributed by atoms with Crippen LogP contribution in [0.2, 0.25) is 0 Å². The van der Waals surface area contributed by atoms with Gasteiger partial charge in [-0.2, -0.15) is 22.0 Å². The number of aliphatic hydroxyl groups is 1. The normalized spacial score (nSPS) is 22.7. The van der Waals surface area contributed by atoms with E-state index in [1.807, 2.05) is 0 Å². The molecule has 44 heavy (non-hydrogen) atoms. The monoisotopic (exact) mass is 668 g/mol. The zero-order valence-electron chi connectivity index (χ0n) is 24.2. The number of ether oxygens (including phenoxy) is 1. The van der Waals surface area contributed by atoms with E-state index < -0.39 is 53.1 Å². The first-order valence-electron chi connectivity index (χ1n) is 14.5. The fourth-order valence-corrected chi connectivity index (χ4v) is 7.54. The summed E-state index contributed by atoms with van der Waals surface area (Å²) >= 11 is 1.06. The van der Waals surface area contributed by atoms with Gasteiger partial charge in [0.05, 0.1) is 48.1 Å². The van der Waals surface area contributed by atoms with Gasteiger partial charge >= 0.3 is 12.8 Å². The van der Waals surface area contributed by atoms with E-state index >= 15 is 0 Å². The van der Waals surface area contributed by atoms with Crippen LogP contribution in [0.4, 0.5) is 27.1 Å². The average Bonchev–Trinajstić information content (AvgIpc) is 3.49. The number of piperazine rings is 1. The minimum Gasteiger partial charge on any atom is -0.394 e. The van der Waals surface area contributed by atoms with Crippen LogP contribution in [0.1, 0.15) is 53.9 Å². The topological polar surface area (TPSA) is 112 Å². The molecular weight excluding hydrogens is 631 g/mol. The smallest absolute Gasteiger partial charge is 0.391 e. The van der Waals surface area contributed by atoms with E-state index in [1.54, 1.807) is 4.90 Å². The summed E-state index contributed by atoms with van der Waals surface area (Å²) in [6.45, 7) is -0.317. The van der Waals surface area contributed by atoms with E-state index in [9.17, 15) is 40.3 Å². The third-order valence-corrected chi connectivity index (χ3v) is 11.1. The summed E-state index contributed by atoms with van der Waals surface area (Å²) in [6.07, 6.45) is -1.70. The van der Waals surface area contributed by atoms with Crippen molar-refractivity contribution in [3.63, 3.8) is 0 Å². The second-order valence-electron chi connectivity index (χ2n) is 11.1. The molecule has 0 bridgehead atoms. The predicted molar refractivity (Wildman–Crippen MR) is 155 cm³/mol. The van der Waals surface area contributed by atoms with Crippen molar-refractivity contribution in [1.82, 2.24) is 15.2 Å². The fourth-order valence-electron chi connectivity index (χ4n) is 5.74. The highest BCUT2D eigenvalue weighted by molar-refractivity contribution is 7.91. The molecule has 16 heteroatoms. The van der Waals surface area contributed by atoms with E-state index in [0.29, 0.717) is 49.7 Å². The number of aliphatic hydroxyl groups excluding tert-OH is 1. The number of hydrogen-bond acceptors (Lipinski definition) is 9. The van der Waals surface area contributed by atoms with Gasteiger partial charge in [0.1, 0.15) is 4.88 Å². The van der Waals surface area contributed by atoms with Gasteiger partial charge < -0.3 is 20.1 Å². The molecular formula is C28H37F5N4O5S2. The second-order valence-corrected chi connectivity index (χ2v) is 14.4. The first-order chi connectivity index (χ1) is 20.8. The van der Waals surface area contributed by atoms with E-state index in [2.05, 4.69) is 19.9 Å². The van der Waals surface area contributed by atoms with Crippen molar-refractivity contribution in [1.29, 1.82) is 0 Å². The van der Waals surface area contributed by atoms with Crippen LogP contribution < -0.4 is 10.2 Å². The lowest BCUT2D eigenvalue weighted by atomic mass is 9.81. The molecule has 2 aromatic rings. The van der Waals surface area contributed by atoms with Crippen LogP contribution in [0.3, 0.4) is 0 Å². The minimum atomic E-state index is -4.18. The summed E-state index contributed by atoms with van der Waals surface area (Å²) in [5, 5.41) is 13.0. The van der Waals surface area contributed by atoms with Crippen LogP contribution in [0.25, 0.3) is 0 Å². The van der Waals surface area contributed by atoms with Crippen molar-refractivity contribution in [3.05, 3.63) is 40.9 Å². The lowest BCUT2D eigenvalue weighted by Crippen LogP contribution is -2.56. The maximum Gasteiger partial charge on any atom is 0.391 e. The van der Waals surface area contributed by atoms with Crippen LogP contribution in [-0.2, 0) is 14.6 Å². The Hall–Kier alpha value is -2.40. The minimum absolute atomic E-state index is 0.0589. The van der Waals surface area contributed by atoms with Crippen LogP contribution >= 0.6 is 11.3 Å². The SMILES string of the molecule is CCS(=O)(=O)c1ccc([C@H](CO)NC(=O)c2cnc(N3CCN(CC4CCC(C(F)(F)F)CC4)C[C@H]3COC(F)F)s2)cc1. The summed E-state index contributed by atoms with van der Waals surface area (Å²) in [5.74, 6) is -1.75. The Morgan fingerprint density at radius 3 is 2.43 bits per heavy atom. The molecule has 246 valence electrons. The van der Waals surface area contributed by atoms with Gasteiger partial charge in [-0.25, -0.2) is 13.4 Å². The molecule has 2 aliphatic rings. The summed E-state index contributed by atoms with van der Waals surface area (Å²) < 4.78 is 93.9. The van der Waals surface area contributed by atoms with Crippen LogP contribution in [-0.4, -0.2) is 93.3 Å². The van der Waals surface area contributed by atoms with Crippen LogP contribution in [0.15, 0.2) is 35.4 Å². The summed E-state index contributed by atoms with van der Waals surface area (Å²) in [4.78, 5) is 21.6. The predicted octanol–water partition coefficient (Wildman–Crippen LogP) is 4.50. The van der Waals surface area contributed by atoms with E-state index in [1.165, 1.54) is 37.4 Å². The highest BCUT2D eigenvalue weighted by Crippen LogP contribution is 2.40. The number of nitrogens with zero attached hydrogens (tertiary/aromatic N) is 3. The van der Waals surface area contributed by atoms with Gasteiger partial charge in [-0.1, -0.05) is 30.4 Å². The first-order valence-corrected chi connectivity index (χ1v) is 16.9. The Bertz CT molecular complexity index is 1330. The molecule has 2 fully saturated rings. The maximum absolute atomic E-state index is 13.1. The lowest BCUT2D eigenvalue weighted by molar-refractivity contribution is -0.184. The molecule has 1 amide bonds. The molecule has 4 rings (SSSR count). The van der Waals surface area contributed by atoms with Crippen molar-refractivity contribution < 1.29 is 45.0 Å².